The van der Waals surface area contributed by atoms with Gasteiger partial charge in [0, 0.05) is 43.4 Å². The highest BCUT2D eigenvalue weighted by Crippen LogP contribution is 2.35. The summed E-state index contributed by atoms with van der Waals surface area (Å²) in [6.45, 7) is 4.42. The summed E-state index contributed by atoms with van der Waals surface area (Å²) in [7, 11) is 0. The highest BCUT2D eigenvalue weighted by atomic mass is 16.3. The molecule has 2 fully saturated rings. The number of pyridine rings is 1. The third kappa shape index (κ3) is 3.19. The molecule has 1 aromatic rings. The van der Waals surface area contributed by atoms with Crippen LogP contribution in [0.15, 0.2) is 16.9 Å². The maximum Gasteiger partial charge on any atom is 0.255 e. The van der Waals surface area contributed by atoms with Crippen LogP contribution in [0.3, 0.4) is 0 Å². The molecule has 0 saturated carbocycles. The van der Waals surface area contributed by atoms with Crippen LogP contribution >= 0.6 is 0 Å². The lowest BCUT2D eigenvalue weighted by molar-refractivity contribution is -0.136. The second-order valence-electron chi connectivity index (χ2n) is 8.01. The predicted octanol–water partition coefficient (Wildman–Crippen LogP) is -0.291. The number of likely N-dealkylation sites (tertiary alicyclic amines) is 2. The van der Waals surface area contributed by atoms with Gasteiger partial charge in [-0.3, -0.25) is 14.5 Å². The fourth-order valence-corrected chi connectivity index (χ4v) is 4.79. The van der Waals surface area contributed by atoms with Crippen LogP contribution in [0.5, 0.6) is 0 Å². The van der Waals surface area contributed by atoms with E-state index in [0.717, 1.165) is 37.3 Å². The van der Waals surface area contributed by atoms with Crippen molar-refractivity contribution in [1.82, 2.24) is 14.4 Å². The van der Waals surface area contributed by atoms with Crippen molar-refractivity contribution in [2.75, 3.05) is 32.8 Å². The largest absolute Gasteiger partial charge is 0.394 e. The normalized spacial score (nSPS) is 26.6. The van der Waals surface area contributed by atoms with Gasteiger partial charge < -0.3 is 20.3 Å². The maximum absolute atomic E-state index is 13.0. The molecule has 0 radical (unpaired) electrons. The first kappa shape index (κ1) is 17.7. The van der Waals surface area contributed by atoms with Crippen LogP contribution in [-0.4, -0.2) is 64.2 Å². The molecule has 7 nitrogen and oxygen atoms in total. The van der Waals surface area contributed by atoms with Crippen LogP contribution in [-0.2, 0) is 17.9 Å². The number of rotatable bonds is 4. The van der Waals surface area contributed by atoms with Gasteiger partial charge in [-0.15, -0.1) is 0 Å². The van der Waals surface area contributed by atoms with Gasteiger partial charge in [0.05, 0.1) is 6.61 Å². The number of nitrogens with two attached hydrogens (primary N) is 1. The Balaban J connectivity index is 1.56. The zero-order valence-corrected chi connectivity index (χ0v) is 15.1. The molecule has 4 rings (SSSR count). The Hall–Kier alpha value is -1.70. The monoisotopic (exact) mass is 360 g/mol. The molecule has 0 unspecified atom stereocenters. The van der Waals surface area contributed by atoms with Crippen molar-refractivity contribution >= 4 is 5.91 Å². The topological polar surface area (TPSA) is 91.8 Å². The molecule has 2 bridgehead atoms. The molecule has 26 heavy (non-hydrogen) atoms. The average Bonchev–Trinajstić information content (AvgIpc) is 3.16. The van der Waals surface area contributed by atoms with E-state index in [1.807, 2.05) is 10.6 Å². The summed E-state index contributed by atoms with van der Waals surface area (Å²) in [5, 5.41) is 9.16. The molecule has 142 valence electrons. The highest BCUT2D eigenvalue weighted by Gasteiger charge is 2.37. The third-order valence-corrected chi connectivity index (χ3v) is 6.10. The second-order valence-corrected chi connectivity index (χ2v) is 8.01. The summed E-state index contributed by atoms with van der Waals surface area (Å²) in [6.07, 6.45) is 3.44. The zero-order chi connectivity index (χ0) is 18.3. The van der Waals surface area contributed by atoms with E-state index in [1.165, 1.54) is 12.8 Å². The quantitative estimate of drug-likeness (QED) is 0.770. The van der Waals surface area contributed by atoms with E-state index >= 15 is 0 Å². The van der Waals surface area contributed by atoms with Crippen LogP contribution in [0.2, 0.25) is 0 Å². The smallest absolute Gasteiger partial charge is 0.255 e. The minimum absolute atomic E-state index is 0.135. The van der Waals surface area contributed by atoms with E-state index in [2.05, 4.69) is 11.0 Å². The van der Waals surface area contributed by atoms with Crippen LogP contribution in [0.25, 0.3) is 0 Å². The fourth-order valence-electron chi connectivity index (χ4n) is 4.79. The average molecular weight is 360 g/mol. The number of fused-ring (bicyclic) bond motifs is 4. The number of hydrogen-bond acceptors (Lipinski definition) is 5. The molecule has 1 aromatic heterocycles. The van der Waals surface area contributed by atoms with Gasteiger partial charge in [-0.1, -0.05) is 6.07 Å². The molecule has 7 heteroatoms. The molecule has 0 aromatic carbocycles. The Morgan fingerprint density at radius 1 is 1.23 bits per heavy atom. The Morgan fingerprint density at radius 3 is 2.73 bits per heavy atom. The van der Waals surface area contributed by atoms with Gasteiger partial charge in [0.15, 0.2) is 0 Å². The molecular formula is C19H28N4O3. The van der Waals surface area contributed by atoms with Gasteiger partial charge >= 0.3 is 0 Å². The molecule has 3 N–H and O–H groups in total. The Labute approximate surface area is 153 Å². The van der Waals surface area contributed by atoms with Crippen molar-refractivity contribution in [3.05, 3.63) is 33.7 Å². The van der Waals surface area contributed by atoms with E-state index in [1.54, 1.807) is 4.90 Å². The van der Waals surface area contributed by atoms with Gasteiger partial charge in [0.1, 0.15) is 6.04 Å². The van der Waals surface area contributed by atoms with E-state index in [0.29, 0.717) is 19.6 Å². The molecule has 3 aliphatic rings. The van der Waals surface area contributed by atoms with E-state index < -0.39 is 6.04 Å². The van der Waals surface area contributed by atoms with Gasteiger partial charge in [-0.05, 0) is 44.3 Å². The maximum atomic E-state index is 13.0. The van der Waals surface area contributed by atoms with Crippen molar-refractivity contribution < 1.29 is 9.90 Å². The summed E-state index contributed by atoms with van der Waals surface area (Å²) in [5.41, 5.74) is 7.76. The molecule has 1 amide bonds. The SMILES string of the molecule is N[C@@H](CO)C(=O)N1C[C@@H]2C[C@H](C1)c1ccc(CN3CCCC3)c(=O)n1C2. The lowest BCUT2D eigenvalue weighted by atomic mass is 9.82. The lowest BCUT2D eigenvalue weighted by Crippen LogP contribution is -2.54. The van der Waals surface area contributed by atoms with E-state index in [9.17, 15) is 9.59 Å². The highest BCUT2D eigenvalue weighted by molar-refractivity contribution is 5.82. The van der Waals surface area contributed by atoms with E-state index in [-0.39, 0.29) is 29.9 Å². The summed E-state index contributed by atoms with van der Waals surface area (Å²) < 4.78 is 1.94. The number of carbonyl (C=O) groups is 1. The van der Waals surface area contributed by atoms with Gasteiger partial charge in [-0.2, -0.15) is 0 Å². The first-order valence-electron chi connectivity index (χ1n) is 9.67. The first-order chi connectivity index (χ1) is 12.6. The number of piperidine rings is 1. The molecule has 3 atom stereocenters. The Kier molecular flexibility index (Phi) is 4.86. The summed E-state index contributed by atoms with van der Waals surface area (Å²) in [4.78, 5) is 29.5. The summed E-state index contributed by atoms with van der Waals surface area (Å²) >= 11 is 0. The number of nitrogens with zero attached hydrogens (tertiary/aromatic N) is 3. The number of aromatic nitrogens is 1. The van der Waals surface area contributed by atoms with Gasteiger partial charge in [-0.25, -0.2) is 0 Å². The number of aliphatic hydroxyl groups excluding tert-OH is 1. The van der Waals surface area contributed by atoms with Crippen LogP contribution in [0.4, 0.5) is 0 Å². The van der Waals surface area contributed by atoms with E-state index in [4.69, 9.17) is 10.8 Å². The standard InChI is InChI=1S/C19H28N4O3/c20-16(12-24)19(26)22-8-13-7-15(11-22)17-4-3-14(18(25)23(17)9-13)10-21-5-1-2-6-21/h3-4,13,15-16,24H,1-2,5-12,20H2/t13-,15+,16-/m0/s1. The number of carbonyl (C=O) groups excluding carboxylic acids is 1. The summed E-state index contributed by atoms with van der Waals surface area (Å²) in [6, 6.07) is 3.21. The summed E-state index contributed by atoms with van der Waals surface area (Å²) in [5.74, 6) is 0.255. The molecular weight excluding hydrogens is 332 g/mol. The number of hydrogen-bond donors (Lipinski definition) is 2. The Bertz CT molecular complexity index is 741. The minimum atomic E-state index is -0.848. The third-order valence-electron chi connectivity index (χ3n) is 6.10. The minimum Gasteiger partial charge on any atom is -0.394 e. The van der Waals surface area contributed by atoms with Crippen molar-refractivity contribution in [2.24, 2.45) is 11.7 Å². The second kappa shape index (κ2) is 7.13. The lowest BCUT2D eigenvalue weighted by Gasteiger charge is -2.43. The van der Waals surface area contributed by atoms with Crippen molar-refractivity contribution in [3.8, 4) is 0 Å². The van der Waals surface area contributed by atoms with Crippen LogP contribution in [0.1, 0.15) is 36.4 Å². The zero-order valence-electron chi connectivity index (χ0n) is 15.1. The predicted molar refractivity (Wildman–Crippen MR) is 97.7 cm³/mol. The van der Waals surface area contributed by atoms with Crippen molar-refractivity contribution in [3.63, 3.8) is 0 Å². The number of aliphatic hydroxyl groups is 1. The van der Waals surface area contributed by atoms with Crippen molar-refractivity contribution in [1.29, 1.82) is 0 Å². The number of amides is 1. The van der Waals surface area contributed by atoms with Crippen molar-refractivity contribution in [2.45, 2.75) is 44.3 Å². The molecule has 3 aliphatic heterocycles. The Morgan fingerprint density at radius 2 is 2.00 bits per heavy atom. The van der Waals surface area contributed by atoms with Gasteiger partial charge in [0.25, 0.3) is 5.56 Å². The molecule has 0 spiro atoms. The molecule has 0 aliphatic carbocycles. The molecule has 4 heterocycles. The van der Waals surface area contributed by atoms with Crippen LogP contribution < -0.4 is 11.3 Å². The first-order valence-corrected chi connectivity index (χ1v) is 9.67. The van der Waals surface area contributed by atoms with Crippen LogP contribution in [0, 0.1) is 5.92 Å². The fraction of sp³-hybridized carbons (Fsp3) is 0.684. The van der Waals surface area contributed by atoms with Gasteiger partial charge in [0.2, 0.25) is 5.91 Å². The molecule has 2 saturated heterocycles.